The number of halogens is 2. The predicted octanol–water partition coefficient (Wildman–Crippen LogP) is 3.80. The molecule has 0 N–H and O–H groups in total. The minimum absolute atomic E-state index is 0.0715. The molecule has 28 heavy (non-hydrogen) atoms. The van der Waals surface area contributed by atoms with Crippen LogP contribution >= 0.6 is 27.5 Å². The summed E-state index contributed by atoms with van der Waals surface area (Å²) in [6, 6.07) is 0.0715. The van der Waals surface area contributed by atoms with E-state index < -0.39 is 5.60 Å². The molecule has 7 nitrogen and oxygen atoms in total. The number of aromatic nitrogens is 2. The molecule has 9 heteroatoms. The quantitative estimate of drug-likeness (QED) is 0.585. The molecule has 1 aromatic carbocycles. The van der Waals surface area contributed by atoms with E-state index in [-0.39, 0.29) is 12.1 Å². The van der Waals surface area contributed by atoms with Crippen LogP contribution in [-0.4, -0.2) is 63.6 Å². The molecule has 3 heterocycles. The highest BCUT2D eigenvalue weighted by atomic mass is 79.9. The van der Waals surface area contributed by atoms with Crippen molar-refractivity contribution in [1.82, 2.24) is 19.6 Å². The van der Waals surface area contributed by atoms with E-state index in [0.29, 0.717) is 37.0 Å². The van der Waals surface area contributed by atoms with E-state index in [1.54, 1.807) is 9.58 Å². The maximum Gasteiger partial charge on any atom is 0.410 e. The van der Waals surface area contributed by atoms with Crippen LogP contribution in [0.15, 0.2) is 10.7 Å². The van der Waals surface area contributed by atoms with Gasteiger partial charge in [-0.25, -0.2) is 4.79 Å². The van der Waals surface area contributed by atoms with E-state index in [2.05, 4.69) is 25.9 Å². The zero-order chi connectivity index (χ0) is 20.2. The Morgan fingerprint density at radius 3 is 2.86 bits per heavy atom. The first kappa shape index (κ1) is 19.8. The molecule has 2 aliphatic heterocycles. The van der Waals surface area contributed by atoms with Gasteiger partial charge in [0.2, 0.25) is 0 Å². The molecule has 1 unspecified atom stereocenters. The van der Waals surface area contributed by atoms with Gasteiger partial charge in [-0.15, -0.1) is 0 Å². The Labute approximate surface area is 177 Å². The summed E-state index contributed by atoms with van der Waals surface area (Å²) in [6.45, 7) is 8.71. The van der Waals surface area contributed by atoms with Gasteiger partial charge in [-0.2, -0.15) is 5.10 Å². The van der Waals surface area contributed by atoms with Crippen molar-refractivity contribution in [2.24, 2.45) is 7.05 Å². The normalized spacial score (nSPS) is 20.4. The second kappa shape index (κ2) is 7.07. The van der Waals surface area contributed by atoms with Crippen molar-refractivity contribution >= 4 is 44.5 Å². The highest BCUT2D eigenvalue weighted by Gasteiger charge is 2.36. The molecule has 0 spiro atoms. The van der Waals surface area contributed by atoms with Crippen LogP contribution in [0.1, 0.15) is 26.3 Å². The monoisotopic (exact) mass is 470 g/mol. The van der Waals surface area contributed by atoms with Crippen molar-refractivity contribution in [3.05, 3.63) is 21.3 Å². The van der Waals surface area contributed by atoms with E-state index in [0.717, 1.165) is 27.5 Å². The third kappa shape index (κ3) is 3.57. The minimum atomic E-state index is -0.505. The van der Waals surface area contributed by atoms with Gasteiger partial charge in [0, 0.05) is 50.4 Å². The molecule has 1 amide bonds. The van der Waals surface area contributed by atoms with E-state index in [1.807, 2.05) is 34.0 Å². The SMILES string of the molecule is Cn1cc2c(Br)c(Cl)c3c(c2n1)CN1CCN(C(=O)OC(C)(C)C)CC1CO3. The number of nitrogens with zero attached hydrogens (tertiary/aromatic N) is 4. The summed E-state index contributed by atoms with van der Waals surface area (Å²) in [5.74, 6) is 0.679. The molecule has 152 valence electrons. The van der Waals surface area contributed by atoms with Crippen molar-refractivity contribution in [2.45, 2.75) is 39.0 Å². The number of carbonyl (C=O) groups excluding carboxylic acids is 1. The van der Waals surface area contributed by atoms with E-state index in [9.17, 15) is 4.79 Å². The van der Waals surface area contributed by atoms with Crippen LogP contribution < -0.4 is 4.74 Å². The van der Waals surface area contributed by atoms with Crippen molar-refractivity contribution < 1.29 is 14.3 Å². The number of fused-ring (bicyclic) bond motifs is 4. The Hall–Kier alpha value is -1.51. The highest BCUT2D eigenvalue weighted by Crippen LogP contribution is 2.44. The minimum Gasteiger partial charge on any atom is -0.490 e. The number of ether oxygens (including phenoxy) is 2. The molecule has 4 rings (SSSR count). The summed E-state index contributed by atoms with van der Waals surface area (Å²) in [5, 5.41) is 6.17. The van der Waals surface area contributed by atoms with Gasteiger partial charge in [0.05, 0.1) is 15.5 Å². The van der Waals surface area contributed by atoms with Gasteiger partial charge in [-0.1, -0.05) is 11.6 Å². The number of piperazine rings is 1. The average Bonchev–Trinajstić information content (AvgIpc) is 2.89. The highest BCUT2D eigenvalue weighted by molar-refractivity contribution is 9.10. The lowest BCUT2D eigenvalue weighted by molar-refractivity contribution is -0.00151. The lowest BCUT2D eigenvalue weighted by atomic mass is 10.1. The molecule has 1 aromatic heterocycles. The second-order valence-electron chi connectivity index (χ2n) is 8.36. The maximum atomic E-state index is 12.5. The number of hydrogen-bond donors (Lipinski definition) is 0. The zero-order valence-electron chi connectivity index (χ0n) is 16.5. The molecule has 0 saturated carbocycles. The first-order valence-corrected chi connectivity index (χ1v) is 10.5. The smallest absolute Gasteiger partial charge is 0.410 e. The van der Waals surface area contributed by atoms with Crippen LogP contribution in [0.25, 0.3) is 10.9 Å². The first-order valence-electron chi connectivity index (χ1n) is 9.32. The number of hydrogen-bond acceptors (Lipinski definition) is 5. The molecule has 0 radical (unpaired) electrons. The Morgan fingerprint density at radius 2 is 2.14 bits per heavy atom. The Kier molecular flexibility index (Phi) is 5.00. The van der Waals surface area contributed by atoms with E-state index in [1.165, 1.54) is 0 Å². The summed E-state index contributed by atoms with van der Waals surface area (Å²) in [6.07, 6.45) is 1.68. The summed E-state index contributed by atoms with van der Waals surface area (Å²) >= 11 is 10.2. The van der Waals surface area contributed by atoms with Crippen LogP contribution in [0.3, 0.4) is 0 Å². The number of aryl methyl sites for hydroxylation is 1. The van der Waals surface area contributed by atoms with Crippen molar-refractivity contribution in [1.29, 1.82) is 0 Å². The van der Waals surface area contributed by atoms with Gasteiger partial charge in [0.1, 0.15) is 23.5 Å². The van der Waals surface area contributed by atoms with Crippen molar-refractivity contribution in [2.75, 3.05) is 26.2 Å². The number of amides is 1. The number of benzene rings is 1. The molecular weight excluding hydrogens is 448 g/mol. The molecule has 1 atom stereocenters. The topological polar surface area (TPSA) is 59.8 Å². The molecule has 2 aromatic rings. The number of rotatable bonds is 0. The van der Waals surface area contributed by atoms with Gasteiger partial charge >= 0.3 is 6.09 Å². The maximum absolute atomic E-state index is 12.5. The summed E-state index contributed by atoms with van der Waals surface area (Å²) < 4.78 is 14.3. The van der Waals surface area contributed by atoms with Gasteiger partial charge in [0.25, 0.3) is 0 Å². The molecular formula is C19H24BrClN4O3. The van der Waals surface area contributed by atoms with Crippen LogP contribution in [0, 0.1) is 0 Å². The predicted molar refractivity (Wildman–Crippen MR) is 111 cm³/mol. The second-order valence-corrected chi connectivity index (χ2v) is 9.53. The lowest BCUT2D eigenvalue weighted by Crippen LogP contribution is -2.56. The molecule has 0 bridgehead atoms. The fourth-order valence-electron chi connectivity index (χ4n) is 3.76. The third-order valence-corrected chi connectivity index (χ3v) is 6.47. The Balaban J connectivity index is 1.61. The molecule has 1 fully saturated rings. The van der Waals surface area contributed by atoms with E-state index >= 15 is 0 Å². The fourth-order valence-corrected chi connectivity index (χ4v) is 4.50. The Morgan fingerprint density at radius 1 is 1.39 bits per heavy atom. The van der Waals surface area contributed by atoms with Crippen molar-refractivity contribution in [3.63, 3.8) is 0 Å². The molecule has 0 aliphatic carbocycles. The molecule has 1 saturated heterocycles. The van der Waals surface area contributed by atoms with Gasteiger partial charge in [-0.05, 0) is 36.7 Å². The fraction of sp³-hybridized carbons (Fsp3) is 0.579. The van der Waals surface area contributed by atoms with Crippen LogP contribution in [0.4, 0.5) is 4.79 Å². The Bertz CT molecular complexity index is 940. The van der Waals surface area contributed by atoms with Crippen LogP contribution in [-0.2, 0) is 18.3 Å². The van der Waals surface area contributed by atoms with Crippen LogP contribution in [0.2, 0.25) is 5.02 Å². The first-order chi connectivity index (χ1) is 13.1. The summed E-state index contributed by atoms with van der Waals surface area (Å²) in [7, 11) is 1.90. The lowest BCUT2D eigenvalue weighted by Gasteiger charge is -2.40. The van der Waals surface area contributed by atoms with Gasteiger partial charge in [-0.3, -0.25) is 9.58 Å². The summed E-state index contributed by atoms with van der Waals surface area (Å²) in [5.41, 5.74) is 1.38. The van der Waals surface area contributed by atoms with Crippen molar-refractivity contribution in [3.8, 4) is 5.75 Å². The standard InChI is InChI=1S/C19H24BrClN4O3/c1-19(2,3)28-18(26)25-6-5-24-9-13-16-12(8-23(4)22-16)14(20)15(21)17(13)27-10-11(24)7-25/h8,11H,5-7,9-10H2,1-4H3. The van der Waals surface area contributed by atoms with Gasteiger partial charge < -0.3 is 14.4 Å². The average molecular weight is 472 g/mol. The van der Waals surface area contributed by atoms with Gasteiger partial charge in [0.15, 0.2) is 0 Å². The third-order valence-electron chi connectivity index (χ3n) is 5.05. The largest absolute Gasteiger partial charge is 0.490 e. The number of carbonyl (C=O) groups is 1. The van der Waals surface area contributed by atoms with Crippen LogP contribution in [0.5, 0.6) is 5.75 Å². The zero-order valence-corrected chi connectivity index (χ0v) is 18.8. The summed E-state index contributed by atoms with van der Waals surface area (Å²) in [4.78, 5) is 16.6. The molecule has 2 aliphatic rings. The van der Waals surface area contributed by atoms with E-state index in [4.69, 9.17) is 21.1 Å².